The summed E-state index contributed by atoms with van der Waals surface area (Å²) in [5.74, 6) is -1.58. The Balaban J connectivity index is 1.38. The van der Waals surface area contributed by atoms with Gasteiger partial charge in [-0.3, -0.25) is 4.79 Å². The van der Waals surface area contributed by atoms with Crippen LogP contribution in [-0.2, 0) is 4.79 Å². The first kappa shape index (κ1) is 19.0. The normalized spacial score (nSPS) is 15.3. The number of rotatable bonds is 6. The number of piperazine rings is 1. The highest BCUT2D eigenvalue weighted by atomic mass is 19.1. The van der Waals surface area contributed by atoms with E-state index in [2.05, 4.69) is 27.6 Å². The second kappa shape index (κ2) is 9.23. The van der Waals surface area contributed by atoms with Crippen molar-refractivity contribution in [3.63, 3.8) is 0 Å². The third-order valence-electron chi connectivity index (χ3n) is 4.65. The fourth-order valence-corrected chi connectivity index (χ4v) is 3.10. The molecule has 27 heavy (non-hydrogen) atoms. The van der Waals surface area contributed by atoms with Gasteiger partial charge in [0, 0.05) is 17.3 Å². The second-order valence-electron chi connectivity index (χ2n) is 6.53. The van der Waals surface area contributed by atoms with E-state index in [4.69, 9.17) is 0 Å². The van der Waals surface area contributed by atoms with Gasteiger partial charge in [0.1, 0.15) is 11.6 Å². The van der Waals surface area contributed by atoms with Gasteiger partial charge >= 0.3 is 0 Å². The molecular formula is C20H23F2N4O+. The summed E-state index contributed by atoms with van der Waals surface area (Å²) >= 11 is 0. The molecule has 0 aliphatic carbocycles. The SMILES string of the molecule is O=C(CC[NH+]1CCN(c2ccccc2)CC1)N/N=C\c1ccc(F)cc1F. The average Bonchev–Trinajstić information content (AvgIpc) is 2.69. The van der Waals surface area contributed by atoms with Crippen LogP contribution in [0.4, 0.5) is 14.5 Å². The number of benzene rings is 2. The van der Waals surface area contributed by atoms with Crippen molar-refractivity contribution >= 4 is 17.8 Å². The standard InChI is InChI=1S/C20H22F2N4O/c21-17-7-6-16(19(22)14-17)15-23-24-20(27)8-9-25-10-12-26(13-11-25)18-4-2-1-3-5-18/h1-7,14-15H,8-13H2,(H,24,27)/p+1/b23-15-. The molecule has 0 saturated carbocycles. The number of anilines is 1. The molecule has 0 atom stereocenters. The predicted octanol–water partition coefficient (Wildman–Crippen LogP) is 1.21. The lowest BCUT2D eigenvalue weighted by Gasteiger charge is -2.33. The van der Waals surface area contributed by atoms with Crippen LogP contribution >= 0.6 is 0 Å². The Morgan fingerprint density at radius 3 is 2.59 bits per heavy atom. The molecule has 3 rings (SSSR count). The van der Waals surface area contributed by atoms with E-state index in [1.165, 1.54) is 22.9 Å². The summed E-state index contributed by atoms with van der Waals surface area (Å²) in [5, 5.41) is 3.74. The van der Waals surface area contributed by atoms with Crippen molar-refractivity contribution in [1.29, 1.82) is 0 Å². The van der Waals surface area contributed by atoms with Gasteiger partial charge in [0.2, 0.25) is 5.91 Å². The second-order valence-corrected chi connectivity index (χ2v) is 6.53. The Morgan fingerprint density at radius 2 is 1.89 bits per heavy atom. The quantitative estimate of drug-likeness (QED) is 0.591. The topological polar surface area (TPSA) is 49.1 Å². The van der Waals surface area contributed by atoms with Gasteiger partial charge in [-0.1, -0.05) is 18.2 Å². The van der Waals surface area contributed by atoms with Crippen LogP contribution in [0.3, 0.4) is 0 Å². The van der Waals surface area contributed by atoms with E-state index >= 15 is 0 Å². The molecule has 0 aromatic heterocycles. The van der Waals surface area contributed by atoms with Crippen LogP contribution in [0.1, 0.15) is 12.0 Å². The van der Waals surface area contributed by atoms with Crippen molar-refractivity contribution in [2.24, 2.45) is 5.10 Å². The third-order valence-corrected chi connectivity index (χ3v) is 4.65. The van der Waals surface area contributed by atoms with Crippen molar-refractivity contribution in [3.05, 3.63) is 65.7 Å². The van der Waals surface area contributed by atoms with E-state index in [1.54, 1.807) is 0 Å². The molecule has 0 radical (unpaired) electrons. The monoisotopic (exact) mass is 373 g/mol. The number of hydrazone groups is 1. The van der Waals surface area contributed by atoms with Crippen LogP contribution in [-0.4, -0.2) is 44.8 Å². The molecule has 2 N–H and O–H groups in total. The molecule has 5 nitrogen and oxygen atoms in total. The highest BCUT2D eigenvalue weighted by Crippen LogP contribution is 2.12. The summed E-state index contributed by atoms with van der Waals surface area (Å²) in [5.41, 5.74) is 3.75. The summed E-state index contributed by atoms with van der Waals surface area (Å²) in [4.78, 5) is 15.6. The summed E-state index contributed by atoms with van der Waals surface area (Å²) in [7, 11) is 0. The molecule has 2 aromatic rings. The summed E-state index contributed by atoms with van der Waals surface area (Å²) in [6, 6.07) is 13.5. The number of amides is 1. The number of carbonyl (C=O) groups is 1. The van der Waals surface area contributed by atoms with Crippen LogP contribution in [0.2, 0.25) is 0 Å². The number of nitrogens with one attached hydrogen (secondary N) is 2. The first-order chi connectivity index (χ1) is 13.1. The third kappa shape index (κ3) is 5.59. The molecule has 1 fully saturated rings. The maximum atomic E-state index is 13.5. The van der Waals surface area contributed by atoms with Gasteiger partial charge < -0.3 is 9.80 Å². The molecule has 0 bridgehead atoms. The Bertz CT molecular complexity index is 790. The summed E-state index contributed by atoms with van der Waals surface area (Å²) < 4.78 is 26.3. The van der Waals surface area contributed by atoms with Gasteiger partial charge in [0.15, 0.2) is 0 Å². The number of halogens is 2. The zero-order valence-electron chi connectivity index (χ0n) is 15.0. The zero-order chi connectivity index (χ0) is 19.1. The average molecular weight is 373 g/mol. The number of hydrogen-bond acceptors (Lipinski definition) is 3. The van der Waals surface area contributed by atoms with Crippen molar-refractivity contribution in [1.82, 2.24) is 5.43 Å². The molecule has 1 heterocycles. The summed E-state index contributed by atoms with van der Waals surface area (Å²) in [6.45, 7) is 4.61. The van der Waals surface area contributed by atoms with Crippen molar-refractivity contribution in [3.8, 4) is 0 Å². The van der Waals surface area contributed by atoms with Gasteiger partial charge in [-0.15, -0.1) is 0 Å². The van der Waals surface area contributed by atoms with Crippen molar-refractivity contribution in [2.45, 2.75) is 6.42 Å². The maximum absolute atomic E-state index is 13.5. The molecule has 7 heteroatoms. The molecular weight excluding hydrogens is 350 g/mol. The lowest BCUT2D eigenvalue weighted by Crippen LogP contribution is -3.15. The zero-order valence-corrected chi connectivity index (χ0v) is 15.0. The number of para-hydroxylation sites is 1. The smallest absolute Gasteiger partial charge is 0.245 e. The predicted molar refractivity (Wildman–Crippen MR) is 101 cm³/mol. The van der Waals surface area contributed by atoms with Gasteiger partial charge in [-0.25, -0.2) is 14.2 Å². The fraction of sp³-hybridized carbons (Fsp3) is 0.300. The number of hydrogen-bond donors (Lipinski definition) is 2. The number of carbonyl (C=O) groups excluding carboxylic acids is 1. The lowest BCUT2D eigenvalue weighted by molar-refractivity contribution is -0.900. The van der Waals surface area contributed by atoms with Crippen molar-refractivity contribution in [2.75, 3.05) is 37.6 Å². The van der Waals surface area contributed by atoms with Crippen LogP contribution < -0.4 is 15.2 Å². The fourth-order valence-electron chi connectivity index (χ4n) is 3.10. The molecule has 1 aliphatic rings. The van der Waals surface area contributed by atoms with E-state index < -0.39 is 11.6 Å². The van der Waals surface area contributed by atoms with Gasteiger partial charge in [-0.05, 0) is 24.3 Å². The van der Waals surface area contributed by atoms with Gasteiger partial charge in [0.05, 0.1) is 45.4 Å². The van der Waals surface area contributed by atoms with Crippen LogP contribution in [0.15, 0.2) is 53.6 Å². The van der Waals surface area contributed by atoms with E-state index in [0.717, 1.165) is 44.9 Å². The van der Waals surface area contributed by atoms with Crippen LogP contribution in [0.25, 0.3) is 0 Å². The maximum Gasteiger partial charge on any atom is 0.245 e. The Kier molecular flexibility index (Phi) is 6.49. The molecule has 1 aliphatic heterocycles. The highest BCUT2D eigenvalue weighted by Gasteiger charge is 2.20. The number of quaternary nitrogens is 1. The van der Waals surface area contributed by atoms with Crippen LogP contribution in [0.5, 0.6) is 0 Å². The molecule has 1 amide bonds. The first-order valence-corrected chi connectivity index (χ1v) is 9.02. The first-order valence-electron chi connectivity index (χ1n) is 9.02. The highest BCUT2D eigenvalue weighted by molar-refractivity contribution is 5.82. The van der Waals surface area contributed by atoms with E-state index in [0.29, 0.717) is 6.42 Å². The van der Waals surface area contributed by atoms with Crippen molar-refractivity contribution < 1.29 is 18.5 Å². The molecule has 0 unspecified atom stereocenters. The minimum Gasteiger partial charge on any atom is -0.360 e. The Labute approximate surface area is 157 Å². The van der Waals surface area contributed by atoms with E-state index in [-0.39, 0.29) is 11.5 Å². The minimum absolute atomic E-state index is 0.124. The molecule has 142 valence electrons. The molecule has 0 spiro atoms. The Hall–Kier alpha value is -2.80. The Morgan fingerprint density at radius 1 is 1.15 bits per heavy atom. The van der Waals surface area contributed by atoms with Gasteiger partial charge in [0.25, 0.3) is 0 Å². The number of nitrogens with zero attached hydrogens (tertiary/aromatic N) is 2. The van der Waals surface area contributed by atoms with Crippen LogP contribution in [0, 0.1) is 11.6 Å². The van der Waals surface area contributed by atoms with E-state index in [9.17, 15) is 13.6 Å². The lowest BCUT2D eigenvalue weighted by atomic mass is 10.2. The molecule has 2 aromatic carbocycles. The minimum atomic E-state index is -0.714. The largest absolute Gasteiger partial charge is 0.360 e. The van der Waals surface area contributed by atoms with E-state index in [1.807, 2.05) is 18.2 Å². The summed E-state index contributed by atoms with van der Waals surface area (Å²) in [6.07, 6.45) is 1.53. The molecule has 1 saturated heterocycles. The van der Waals surface area contributed by atoms with Gasteiger partial charge in [-0.2, -0.15) is 5.10 Å².